The summed E-state index contributed by atoms with van der Waals surface area (Å²) in [5, 5.41) is 0. The van der Waals surface area contributed by atoms with Crippen molar-refractivity contribution in [3.63, 3.8) is 0 Å². The van der Waals surface area contributed by atoms with Gasteiger partial charge in [-0.25, -0.2) is 0 Å². The molecule has 3 rings (SSSR count). The van der Waals surface area contributed by atoms with E-state index in [0.717, 1.165) is 17.8 Å². The van der Waals surface area contributed by atoms with Gasteiger partial charge in [0.25, 0.3) is 0 Å². The minimum atomic E-state index is -1.97. The Balaban J connectivity index is 1.59. The zero-order chi connectivity index (χ0) is 13.8. The van der Waals surface area contributed by atoms with Gasteiger partial charge in [-0.3, -0.25) is 0 Å². The van der Waals surface area contributed by atoms with Gasteiger partial charge in [0.15, 0.2) is 0 Å². The van der Waals surface area contributed by atoms with Crippen molar-refractivity contribution in [3.05, 3.63) is 0 Å². The van der Waals surface area contributed by atoms with Gasteiger partial charge in [0, 0.05) is 0 Å². The van der Waals surface area contributed by atoms with Crippen LogP contribution in [0.5, 0.6) is 0 Å². The third kappa shape index (κ3) is 4.63. The summed E-state index contributed by atoms with van der Waals surface area (Å²) in [5.74, 6) is 3.40. The molecular formula is C18H33BrSn. The molecule has 0 nitrogen and oxygen atoms in total. The van der Waals surface area contributed by atoms with Gasteiger partial charge in [-0.2, -0.15) is 0 Å². The molecule has 0 atom stereocenters. The fourth-order valence-corrected chi connectivity index (χ4v) is 28.4. The van der Waals surface area contributed by atoms with E-state index in [1.165, 1.54) is 38.5 Å². The Morgan fingerprint density at radius 3 is 1.05 bits per heavy atom. The molecule has 20 heavy (non-hydrogen) atoms. The topological polar surface area (TPSA) is 0 Å². The summed E-state index contributed by atoms with van der Waals surface area (Å²) in [7, 11) is 0. The molecule has 0 aliphatic heterocycles. The van der Waals surface area contributed by atoms with Crippen LogP contribution >= 0.6 is 12.7 Å². The molecule has 0 radical (unpaired) electrons. The molecule has 116 valence electrons. The molecule has 0 bridgehead atoms. The summed E-state index contributed by atoms with van der Waals surface area (Å²) in [4.78, 5) is 0. The first-order valence-electron chi connectivity index (χ1n) is 9.42. The molecule has 3 aliphatic rings. The molecule has 0 aromatic carbocycles. The molecule has 3 aliphatic carbocycles. The summed E-state index contributed by atoms with van der Waals surface area (Å²) < 4.78 is 5.09. The van der Waals surface area contributed by atoms with E-state index in [9.17, 15) is 0 Å². The Labute approximate surface area is 136 Å². The maximum atomic E-state index is 4.53. The molecular weight excluding hydrogens is 415 g/mol. The van der Waals surface area contributed by atoms with Gasteiger partial charge >= 0.3 is 137 Å². The Hall–Kier alpha value is 1.28. The average Bonchev–Trinajstić information content (AvgIpc) is 3.11. The summed E-state index contributed by atoms with van der Waals surface area (Å²) in [5.41, 5.74) is 0. The first-order valence-corrected chi connectivity index (χ1v) is 21.9. The van der Waals surface area contributed by atoms with Crippen LogP contribution in [0.25, 0.3) is 0 Å². The molecule has 3 saturated carbocycles. The van der Waals surface area contributed by atoms with Crippen LogP contribution in [-0.4, -0.2) is 16.2 Å². The summed E-state index contributed by atoms with van der Waals surface area (Å²) >= 11 is 2.55. The molecule has 0 N–H and O–H groups in total. The first kappa shape index (κ1) is 16.1. The van der Waals surface area contributed by atoms with Gasteiger partial charge in [0.05, 0.1) is 0 Å². The maximum absolute atomic E-state index is 4.53. The van der Waals surface area contributed by atoms with E-state index in [2.05, 4.69) is 12.7 Å². The molecule has 0 saturated heterocycles. The van der Waals surface area contributed by atoms with E-state index >= 15 is 0 Å². The van der Waals surface area contributed by atoms with Gasteiger partial charge in [-0.05, 0) is 0 Å². The van der Waals surface area contributed by atoms with Crippen LogP contribution < -0.4 is 0 Å². The average molecular weight is 448 g/mol. The number of rotatable bonds is 6. The van der Waals surface area contributed by atoms with Crippen molar-refractivity contribution in [3.8, 4) is 0 Å². The molecule has 0 amide bonds. The zero-order valence-corrected chi connectivity index (χ0v) is 17.7. The fourth-order valence-electron chi connectivity index (χ4n) is 5.45. The molecule has 2 heteroatoms. The van der Waals surface area contributed by atoms with E-state index in [1.807, 2.05) is 0 Å². The normalized spacial score (nSPS) is 26.9. The van der Waals surface area contributed by atoms with Gasteiger partial charge in [0.2, 0.25) is 0 Å². The van der Waals surface area contributed by atoms with Crippen molar-refractivity contribution >= 4 is 28.9 Å². The Morgan fingerprint density at radius 2 is 0.800 bits per heavy atom. The summed E-state index contributed by atoms with van der Waals surface area (Å²) in [6, 6.07) is 0. The minimum absolute atomic E-state index is 1.13. The second-order valence-corrected chi connectivity index (χ2v) is 29.6. The van der Waals surface area contributed by atoms with E-state index in [4.69, 9.17) is 0 Å². The molecule has 0 unspecified atom stereocenters. The van der Waals surface area contributed by atoms with Crippen LogP contribution in [0.15, 0.2) is 0 Å². The second kappa shape index (κ2) is 7.70. The van der Waals surface area contributed by atoms with Crippen molar-refractivity contribution < 1.29 is 0 Å². The number of halogens is 1. The van der Waals surface area contributed by atoms with Crippen LogP contribution in [0.1, 0.15) is 77.0 Å². The van der Waals surface area contributed by atoms with Crippen LogP contribution in [0, 0.1) is 17.8 Å². The Kier molecular flexibility index (Phi) is 6.22. The Morgan fingerprint density at radius 1 is 0.550 bits per heavy atom. The SMILES string of the molecule is [Br][Sn]([CH2]C1CCCC1)([CH2]C1CCCC1)[CH2]C1CCCC1. The van der Waals surface area contributed by atoms with E-state index in [0.29, 0.717) is 0 Å². The zero-order valence-electron chi connectivity index (χ0n) is 13.2. The Bertz CT molecular complexity index is 240. The number of hydrogen-bond acceptors (Lipinski definition) is 0. The van der Waals surface area contributed by atoms with Crippen LogP contribution in [-0.2, 0) is 0 Å². The summed E-state index contributed by atoms with van der Waals surface area (Å²) in [6.07, 6.45) is 18.6. The van der Waals surface area contributed by atoms with Gasteiger partial charge < -0.3 is 0 Å². The standard InChI is InChI=1S/3C6H11.BrH.Sn/c3*1-6-4-2-3-5-6;;/h3*6H,1-5H2;1H;/q;;;;+1/p-1. The van der Waals surface area contributed by atoms with Crippen molar-refractivity contribution in [2.24, 2.45) is 17.8 Å². The van der Waals surface area contributed by atoms with Crippen molar-refractivity contribution in [1.29, 1.82) is 0 Å². The van der Waals surface area contributed by atoms with Gasteiger partial charge in [-0.15, -0.1) is 0 Å². The van der Waals surface area contributed by atoms with Crippen molar-refractivity contribution in [2.75, 3.05) is 0 Å². The van der Waals surface area contributed by atoms with E-state index < -0.39 is 16.2 Å². The molecule has 0 aromatic rings. The predicted molar refractivity (Wildman–Crippen MR) is 95.0 cm³/mol. The molecule has 0 spiro atoms. The fraction of sp³-hybridized carbons (Fsp3) is 1.00. The van der Waals surface area contributed by atoms with Crippen LogP contribution in [0.3, 0.4) is 0 Å². The van der Waals surface area contributed by atoms with Gasteiger partial charge in [0.1, 0.15) is 0 Å². The molecule has 0 aromatic heterocycles. The number of hydrogen-bond donors (Lipinski definition) is 0. The third-order valence-electron chi connectivity index (χ3n) is 6.39. The van der Waals surface area contributed by atoms with Crippen molar-refractivity contribution in [1.82, 2.24) is 0 Å². The second-order valence-electron chi connectivity index (χ2n) is 8.21. The van der Waals surface area contributed by atoms with Crippen molar-refractivity contribution in [2.45, 2.75) is 90.4 Å². The van der Waals surface area contributed by atoms with E-state index in [1.54, 1.807) is 51.8 Å². The molecule has 3 fully saturated rings. The van der Waals surface area contributed by atoms with Crippen LogP contribution in [0.4, 0.5) is 0 Å². The third-order valence-corrected chi connectivity index (χ3v) is 24.1. The monoisotopic (exact) mass is 448 g/mol. The predicted octanol–water partition coefficient (Wildman–Crippen LogP) is 6.90. The van der Waals surface area contributed by atoms with E-state index in [-0.39, 0.29) is 0 Å². The van der Waals surface area contributed by atoms with Crippen LogP contribution in [0.2, 0.25) is 13.3 Å². The summed E-state index contributed by atoms with van der Waals surface area (Å²) in [6.45, 7) is 0. The molecule has 0 heterocycles. The first-order chi connectivity index (χ1) is 9.73. The van der Waals surface area contributed by atoms with Gasteiger partial charge in [-0.1, -0.05) is 0 Å². The quantitative estimate of drug-likeness (QED) is 0.388.